The van der Waals surface area contributed by atoms with E-state index in [2.05, 4.69) is 31.2 Å². The van der Waals surface area contributed by atoms with Crippen molar-refractivity contribution >= 4 is 111 Å². The van der Waals surface area contributed by atoms with E-state index < -0.39 is 61.8 Å². The quantitative estimate of drug-likeness (QED) is 0.0901. The van der Waals surface area contributed by atoms with Crippen LogP contribution in [-0.2, 0) is 42.8 Å². The van der Waals surface area contributed by atoms with Crippen molar-refractivity contribution in [2.45, 2.75) is 59.3 Å². The first kappa shape index (κ1) is 67.3. The first-order chi connectivity index (χ1) is 46.9. The van der Waals surface area contributed by atoms with E-state index in [0.29, 0.717) is 80.1 Å². The molecule has 5 aromatic carbocycles. The molecule has 508 valence electrons. The molecule has 2 amide bonds. The van der Waals surface area contributed by atoms with Gasteiger partial charge in [-0.2, -0.15) is 0 Å². The number of anilines is 2. The number of aromatic nitrogens is 5. The summed E-state index contributed by atoms with van der Waals surface area (Å²) in [4.78, 5) is 40.1. The second-order valence-electron chi connectivity index (χ2n) is 24.9. The fourth-order valence-electron chi connectivity index (χ4n) is 12.0. The number of pyridine rings is 3. The molecule has 0 aliphatic carbocycles. The molecule has 7 aromatic heterocycles. The van der Waals surface area contributed by atoms with Gasteiger partial charge in [0.2, 0.25) is 20.0 Å². The van der Waals surface area contributed by atoms with E-state index in [9.17, 15) is 35.2 Å². The Morgan fingerprint density at radius 1 is 0.616 bits per heavy atom. The number of nitrogens with zero attached hydrogens (tertiary/aromatic N) is 7. The van der Waals surface area contributed by atoms with Gasteiger partial charge in [-0.15, -0.1) is 0 Å². The number of nitrogens with one attached hydrogen (secondary N) is 2. The number of rotatable bonds is 11. The van der Waals surface area contributed by atoms with Gasteiger partial charge in [0, 0.05) is 84.3 Å². The lowest BCUT2D eigenvalue weighted by Crippen LogP contribution is -2.41. The molecule has 3 aliphatic heterocycles. The predicted octanol–water partition coefficient (Wildman–Crippen LogP) is 12.7. The molecular formula is C71H65BClF2N9O13S2. The molecule has 0 radical (unpaired) electrons. The van der Waals surface area contributed by atoms with E-state index in [-0.39, 0.29) is 33.8 Å². The third kappa shape index (κ3) is 12.3. The summed E-state index contributed by atoms with van der Waals surface area (Å²) in [7, 11) is -0.798. The number of carbonyl (C=O) groups excluding carboxylic acids is 2. The van der Waals surface area contributed by atoms with Crippen molar-refractivity contribution in [2.24, 2.45) is 0 Å². The highest BCUT2D eigenvalue weighted by Gasteiger charge is 2.53. The third-order valence-electron chi connectivity index (χ3n) is 18.1. The molecule has 99 heavy (non-hydrogen) atoms. The lowest BCUT2D eigenvalue weighted by atomic mass is 9.77. The van der Waals surface area contributed by atoms with Crippen LogP contribution in [0.5, 0.6) is 17.2 Å². The number of methoxy groups -OCH3 is 1. The predicted molar refractivity (Wildman–Crippen MR) is 377 cm³/mol. The van der Waals surface area contributed by atoms with Crippen molar-refractivity contribution in [1.82, 2.24) is 34.7 Å². The molecule has 2 N–H and O–H groups in total. The topological polar surface area (TPSA) is 254 Å². The summed E-state index contributed by atoms with van der Waals surface area (Å²) in [6.45, 7) is 10.3. The van der Waals surface area contributed by atoms with E-state index in [1.54, 1.807) is 49.6 Å². The van der Waals surface area contributed by atoms with E-state index in [0.717, 1.165) is 77.3 Å². The van der Waals surface area contributed by atoms with Crippen LogP contribution in [0, 0.1) is 18.6 Å². The first-order valence-corrected chi connectivity index (χ1v) is 35.0. The van der Waals surface area contributed by atoms with Crippen LogP contribution < -0.4 is 38.9 Å². The minimum atomic E-state index is -3.72. The molecule has 10 heterocycles. The Balaban J connectivity index is 0.000000144. The van der Waals surface area contributed by atoms with Crippen molar-refractivity contribution in [1.29, 1.82) is 0 Å². The van der Waals surface area contributed by atoms with Crippen LogP contribution in [0.2, 0.25) is 5.15 Å². The normalized spacial score (nSPS) is 14.2. The van der Waals surface area contributed by atoms with Gasteiger partial charge < -0.3 is 52.1 Å². The van der Waals surface area contributed by atoms with Gasteiger partial charge in [-0.05, 0) is 162 Å². The Morgan fingerprint density at radius 2 is 1.12 bits per heavy atom. The second kappa shape index (κ2) is 25.2. The van der Waals surface area contributed by atoms with Gasteiger partial charge in [0.05, 0.1) is 87.0 Å². The third-order valence-corrected chi connectivity index (χ3v) is 20.7. The molecule has 15 rings (SSSR count). The maximum absolute atomic E-state index is 13.7. The average molecular weight is 1400 g/mol. The number of fused-ring (bicyclic) bond motifs is 12. The van der Waals surface area contributed by atoms with Crippen LogP contribution in [0.1, 0.15) is 54.1 Å². The number of aryl methyl sites for hydroxylation is 1. The van der Waals surface area contributed by atoms with Crippen molar-refractivity contribution in [3.05, 3.63) is 173 Å². The minimum Gasteiger partial charge on any atom is -0.497 e. The number of amides is 2. The number of hydrogen-bond donors (Lipinski definition) is 2. The number of benzene rings is 5. The van der Waals surface area contributed by atoms with Crippen molar-refractivity contribution in [3.63, 3.8) is 0 Å². The van der Waals surface area contributed by atoms with Crippen LogP contribution in [0.15, 0.2) is 148 Å². The van der Waals surface area contributed by atoms with Gasteiger partial charge in [0.25, 0.3) is 11.8 Å². The van der Waals surface area contributed by atoms with Crippen LogP contribution in [0.3, 0.4) is 0 Å². The van der Waals surface area contributed by atoms with Gasteiger partial charge in [0.1, 0.15) is 68.1 Å². The van der Waals surface area contributed by atoms with Gasteiger partial charge in [-0.1, -0.05) is 11.6 Å². The largest absolute Gasteiger partial charge is 0.497 e. The summed E-state index contributed by atoms with van der Waals surface area (Å²) in [6.07, 6.45) is 2.19. The van der Waals surface area contributed by atoms with Crippen LogP contribution in [-0.4, -0.2) is 119 Å². The smallest absolute Gasteiger partial charge is 0.497 e. The monoisotopic (exact) mass is 1400 g/mol. The summed E-state index contributed by atoms with van der Waals surface area (Å²) in [5.74, 6) is 0.830. The average Bonchev–Trinajstić information content (AvgIpc) is 1.67. The number of sulfonamides is 2. The lowest BCUT2D eigenvalue weighted by Gasteiger charge is -2.32. The molecule has 0 bridgehead atoms. The summed E-state index contributed by atoms with van der Waals surface area (Å²) < 4.78 is 126. The number of hydrogen-bond acceptors (Lipinski definition) is 16. The number of halogens is 3. The molecule has 3 aliphatic rings. The Morgan fingerprint density at radius 3 is 1.68 bits per heavy atom. The second-order valence-corrected chi connectivity index (χ2v) is 29.3. The molecule has 0 saturated carbocycles. The maximum atomic E-state index is 13.7. The lowest BCUT2D eigenvalue weighted by molar-refractivity contribution is 0.00578. The fourth-order valence-corrected chi connectivity index (χ4v) is 13.2. The minimum absolute atomic E-state index is 0.223. The van der Waals surface area contributed by atoms with E-state index in [4.69, 9.17) is 48.9 Å². The van der Waals surface area contributed by atoms with Gasteiger partial charge in [0.15, 0.2) is 13.5 Å². The fraction of sp³-hybridized carbons (Fsp3) is 0.225. The van der Waals surface area contributed by atoms with E-state index in [1.165, 1.54) is 76.7 Å². The summed E-state index contributed by atoms with van der Waals surface area (Å²) in [5.41, 5.74) is 9.70. The molecular weight excluding hydrogens is 1340 g/mol. The van der Waals surface area contributed by atoms with Crippen molar-refractivity contribution < 1.29 is 67.6 Å². The molecule has 1 fully saturated rings. The van der Waals surface area contributed by atoms with Crippen molar-refractivity contribution in [3.8, 4) is 73.9 Å². The standard InChI is InChI=1S/C33H27FN4O6S.C24H28BFN2O6S.C14H10ClN3O/c1-35-33(39)30-23-15-22(26(37(2)45(4,40)41)16-29(23)44-32(30)18-5-7-20(34)8-6-18)24-10-12-28-31(36-24)27-14-19-13-21(42-3)9-11-25(19)38(27)17-43-28;1-23(2)24(3,4)34-25(33-23)17-12-16-19(13-18(17)28(6)35(7,30)31)32-21(20(16)22(29)27-5)14-8-10-15(26)11-9-14;1-8-2-3-10-9(16-8)6-11-14-12(19-7-18(10)11)4-5-13(15)17-14/h5-16H,17H2,1-4H3,(H,35,39);8-13H,1-7H3,(H,27,29);2-6H,7H2,1H3. The molecule has 0 unspecified atom stereocenters. The maximum Gasteiger partial charge on any atom is 0.497 e. The Bertz CT molecular complexity index is 5510. The molecule has 28 heteroatoms. The van der Waals surface area contributed by atoms with Crippen molar-refractivity contribution in [2.75, 3.05) is 56.4 Å². The highest BCUT2D eigenvalue weighted by Crippen LogP contribution is 2.46. The number of ether oxygens (including phenoxy) is 3. The summed E-state index contributed by atoms with van der Waals surface area (Å²) in [5, 5.41) is 7.56. The first-order valence-electron chi connectivity index (χ1n) is 30.9. The highest BCUT2D eigenvalue weighted by atomic mass is 35.5. The van der Waals surface area contributed by atoms with Gasteiger partial charge >= 0.3 is 7.12 Å². The van der Waals surface area contributed by atoms with Crippen LogP contribution in [0.4, 0.5) is 20.2 Å². The SMILES string of the molecule is CNC(=O)c1c(-c2ccc(F)cc2)oc2cc(N(C)S(C)(=O)=O)c(-c3ccc4c(n3)-c3cc5cc(OC)ccc5n3CO4)cc12.CNC(=O)c1c(-c2ccc(F)cc2)oc2cc(N(C)S(C)(=O)=O)c(B3OC(C)(C)C(C)(C)O3)cc12.Cc1ccc2c(cc3n2COc2ccc(Cl)nc2-3)n1. The number of carbonyl (C=O) groups is 2. The van der Waals surface area contributed by atoms with E-state index in [1.807, 2.05) is 81.7 Å². The Kier molecular flexibility index (Phi) is 17.1. The highest BCUT2D eigenvalue weighted by molar-refractivity contribution is 7.92. The zero-order valence-corrected chi connectivity index (χ0v) is 58.0. The molecule has 12 aromatic rings. The van der Waals surface area contributed by atoms with Crippen LogP contribution in [0.25, 0.3) is 101 Å². The summed E-state index contributed by atoms with van der Waals surface area (Å²) in [6, 6.07) is 38.7. The Hall–Kier alpha value is -10.3. The Labute approximate surface area is 573 Å². The zero-order chi connectivity index (χ0) is 70.5. The molecule has 0 atom stereocenters. The molecule has 22 nitrogen and oxygen atoms in total. The number of furan rings is 2. The zero-order valence-electron chi connectivity index (χ0n) is 55.7. The van der Waals surface area contributed by atoms with Gasteiger partial charge in [-0.25, -0.2) is 35.6 Å². The van der Waals surface area contributed by atoms with E-state index >= 15 is 0 Å². The molecule has 0 spiro atoms. The van der Waals surface area contributed by atoms with Gasteiger partial charge in [-0.3, -0.25) is 23.2 Å². The summed E-state index contributed by atoms with van der Waals surface area (Å²) >= 11 is 5.98. The molecule has 1 saturated heterocycles. The van der Waals surface area contributed by atoms with Crippen LogP contribution >= 0.6 is 11.6 Å².